The zero-order valence-electron chi connectivity index (χ0n) is 26.9. The van der Waals surface area contributed by atoms with Crippen LogP contribution in [0.25, 0.3) is 0 Å². The van der Waals surface area contributed by atoms with Gasteiger partial charge in [-0.25, -0.2) is 14.4 Å². The van der Waals surface area contributed by atoms with Gasteiger partial charge in [0.15, 0.2) is 23.2 Å². The van der Waals surface area contributed by atoms with Gasteiger partial charge >= 0.3 is 18.0 Å². The molecule has 0 unspecified atom stereocenters. The van der Waals surface area contributed by atoms with Gasteiger partial charge in [-0.15, -0.1) is 21.1 Å². The van der Waals surface area contributed by atoms with Gasteiger partial charge in [-0.2, -0.15) is 9.36 Å². The molecule has 2 aromatic rings. The number of hydrogen-bond acceptors (Lipinski definition) is 16. The first kappa shape index (κ1) is 37.8. The third kappa shape index (κ3) is 7.88. The maximum atomic E-state index is 13.4. The first-order valence-corrected chi connectivity index (χ1v) is 16.7. The number of urea groups is 1. The van der Waals surface area contributed by atoms with Gasteiger partial charge in [0.05, 0.1) is 6.61 Å². The number of nitrogens with one attached hydrogen (secondary N) is 2. The Morgan fingerprint density at radius 2 is 1.88 bits per heavy atom. The molecule has 2 aliphatic heterocycles. The predicted octanol–water partition coefficient (Wildman–Crippen LogP) is -3.44. The Bertz CT molecular complexity index is 1720. The molecule has 4 amide bonds. The van der Waals surface area contributed by atoms with Crippen molar-refractivity contribution in [2.24, 2.45) is 16.6 Å². The summed E-state index contributed by atoms with van der Waals surface area (Å²) in [5, 5.41) is 37.3. The van der Waals surface area contributed by atoms with Crippen LogP contribution in [0.2, 0.25) is 0 Å². The fourth-order valence-electron chi connectivity index (χ4n) is 4.88. The van der Waals surface area contributed by atoms with Crippen LogP contribution >= 0.6 is 23.3 Å². The number of carboxylic acid groups (broad SMARTS) is 2. The van der Waals surface area contributed by atoms with E-state index in [0.29, 0.717) is 5.57 Å². The van der Waals surface area contributed by atoms with E-state index in [1.54, 1.807) is 0 Å². The Morgan fingerprint density at radius 3 is 2.44 bits per heavy atom. The van der Waals surface area contributed by atoms with Crippen LogP contribution < -0.4 is 38.3 Å². The lowest BCUT2D eigenvalue weighted by atomic mass is 10.0. The zero-order valence-corrected chi connectivity index (χ0v) is 28.6. The van der Waals surface area contributed by atoms with Crippen molar-refractivity contribution in [2.75, 3.05) is 55.3 Å². The van der Waals surface area contributed by atoms with E-state index in [4.69, 9.17) is 27.8 Å². The Balaban J connectivity index is 1.58. The summed E-state index contributed by atoms with van der Waals surface area (Å²) in [4.78, 5) is 75.1. The number of aromatic nitrogens is 4. The second-order valence-corrected chi connectivity index (χ2v) is 13.2. The summed E-state index contributed by atoms with van der Waals surface area (Å²) in [6.45, 7) is 2.84. The molecule has 0 aliphatic carbocycles. The normalized spacial score (nSPS) is 17.6. The number of aliphatic hydroxyl groups is 1. The molecule has 22 nitrogen and oxygen atoms in total. The summed E-state index contributed by atoms with van der Waals surface area (Å²) in [6.07, 6.45) is 1.48. The fraction of sp³-hybridized carbons (Fsp3) is 0.500. The van der Waals surface area contributed by atoms with Crippen LogP contribution in [0.5, 0.6) is 0 Å². The van der Waals surface area contributed by atoms with Crippen LogP contribution in [0.1, 0.15) is 19.7 Å². The van der Waals surface area contributed by atoms with Crippen molar-refractivity contribution in [3.05, 3.63) is 23.3 Å². The Kier molecular flexibility index (Phi) is 11.8. The number of carbonyl (C=O) groups excluding carboxylic acids is 3. The maximum absolute atomic E-state index is 13.4. The van der Waals surface area contributed by atoms with Gasteiger partial charge in [-0.05, 0) is 13.8 Å². The number of anilines is 3. The van der Waals surface area contributed by atoms with Gasteiger partial charge in [-0.1, -0.05) is 5.16 Å². The highest BCUT2D eigenvalue weighted by Crippen LogP contribution is 2.40. The van der Waals surface area contributed by atoms with Crippen LogP contribution in [0, 0.1) is 0 Å². The second kappa shape index (κ2) is 15.7. The van der Waals surface area contributed by atoms with Crippen LogP contribution in [0.4, 0.5) is 21.4 Å². The van der Waals surface area contributed by atoms with E-state index in [1.807, 2.05) is 0 Å². The van der Waals surface area contributed by atoms with Crippen LogP contribution in [0.3, 0.4) is 0 Å². The average molecular weight is 741 g/mol. The number of carbonyl (C=O) groups is 5. The number of nitrogen functional groups attached to an aromatic ring is 2. The van der Waals surface area contributed by atoms with Crippen molar-refractivity contribution in [3.8, 4) is 0 Å². The summed E-state index contributed by atoms with van der Waals surface area (Å²) >= 11 is 1.91. The highest BCUT2D eigenvalue weighted by molar-refractivity contribution is 8.00. The van der Waals surface area contributed by atoms with Gasteiger partial charge in [-0.3, -0.25) is 19.8 Å². The summed E-state index contributed by atoms with van der Waals surface area (Å²) in [5.74, 6) is -4.61. The monoisotopic (exact) mass is 740 g/mol. The minimum atomic E-state index is -1.84. The predicted molar refractivity (Wildman–Crippen MR) is 178 cm³/mol. The first-order chi connectivity index (χ1) is 23.6. The number of oxime groups is 1. The molecule has 1 saturated heterocycles. The molecule has 0 bridgehead atoms. The SMILES string of the molecule is CC(C)(O/N=C(\C(=O)N[C@@H]1C(=O)N2C(C(=O)O)=C(C[n+]3cc(NC(=O)N(CCN)CCN)c(N)n3CCO)CS[C@H]12)c1nsc(N)n1)C(=O)O. The van der Waals surface area contributed by atoms with Gasteiger partial charge in [0.25, 0.3) is 11.8 Å². The van der Waals surface area contributed by atoms with Gasteiger partial charge in [0, 0.05) is 49.0 Å². The lowest BCUT2D eigenvalue weighted by molar-refractivity contribution is -0.767. The Labute approximate surface area is 292 Å². The number of nitrogens with zero attached hydrogens (tertiary/aromatic N) is 7. The van der Waals surface area contributed by atoms with Gasteiger partial charge < -0.3 is 53.3 Å². The standard InChI is InChI=1S/C26H37N13O9S2/c1-26(2,23(45)46)48-34-14(18-33-24(30)50-35-18)19(41)32-15-20(42)39-16(22(43)44)12(11-49-21(15)39)9-37-10-13(17(29)38(37)7-8-40)31-25(47)36(5-3-27)6-4-28/h10,15,21,29,40H,3-9,11,27-28H2,1-2H3,(H6,30,31,32,33,35,41,43,44,45,46,47)/p+1/b34-14-/t15-,21-/m1/s1. The maximum Gasteiger partial charge on any atom is 0.352 e. The van der Waals surface area contributed by atoms with E-state index >= 15 is 0 Å². The van der Waals surface area contributed by atoms with Gasteiger partial charge in [0.1, 0.15) is 23.7 Å². The van der Waals surface area contributed by atoms with E-state index < -0.39 is 52.5 Å². The minimum Gasteiger partial charge on any atom is -0.478 e. The number of carboxylic acids is 2. The van der Waals surface area contributed by atoms with Crippen molar-refractivity contribution in [1.29, 1.82) is 0 Å². The molecule has 2 aliphatic rings. The van der Waals surface area contributed by atoms with Crippen LogP contribution in [-0.4, -0.2) is 130 Å². The smallest absolute Gasteiger partial charge is 0.352 e. The van der Waals surface area contributed by atoms with Crippen molar-refractivity contribution in [1.82, 2.24) is 29.2 Å². The molecule has 0 aromatic carbocycles. The number of aliphatic hydroxyl groups excluding tert-OH is 1. The number of hydrogen-bond donors (Lipinski definition) is 9. The highest BCUT2D eigenvalue weighted by Gasteiger charge is 2.55. The van der Waals surface area contributed by atoms with Crippen molar-refractivity contribution in [3.63, 3.8) is 0 Å². The molecular formula is C26H38N13O9S2+. The molecule has 4 rings (SSSR count). The first-order valence-electron chi connectivity index (χ1n) is 14.9. The largest absolute Gasteiger partial charge is 0.478 e. The quantitative estimate of drug-likeness (QED) is 0.0350. The molecule has 4 heterocycles. The molecule has 2 atom stereocenters. The minimum absolute atomic E-state index is 0.00400. The number of amides is 4. The lowest BCUT2D eigenvalue weighted by Crippen LogP contribution is -2.71. The average Bonchev–Trinajstić information content (AvgIpc) is 3.61. The molecule has 0 spiro atoms. The second-order valence-electron chi connectivity index (χ2n) is 11.3. The van der Waals surface area contributed by atoms with E-state index in [2.05, 4.69) is 25.1 Å². The Morgan fingerprint density at radius 1 is 1.20 bits per heavy atom. The highest BCUT2D eigenvalue weighted by atomic mass is 32.2. The summed E-state index contributed by atoms with van der Waals surface area (Å²) < 4.78 is 6.88. The summed E-state index contributed by atoms with van der Waals surface area (Å²) in [7, 11) is 0. The third-order valence-electron chi connectivity index (χ3n) is 7.42. The molecule has 0 radical (unpaired) electrons. The number of rotatable bonds is 16. The molecule has 50 heavy (non-hydrogen) atoms. The van der Waals surface area contributed by atoms with Crippen molar-refractivity contribution < 1.29 is 48.8 Å². The van der Waals surface area contributed by atoms with Gasteiger partial charge in [0.2, 0.25) is 23.3 Å². The number of aliphatic carboxylic acids is 2. The number of nitrogens with two attached hydrogens (primary N) is 4. The molecule has 0 saturated carbocycles. The van der Waals surface area contributed by atoms with E-state index in [-0.39, 0.29) is 79.8 Å². The van der Waals surface area contributed by atoms with Crippen LogP contribution in [0.15, 0.2) is 22.6 Å². The topological polar surface area (TPSA) is 337 Å². The summed E-state index contributed by atoms with van der Waals surface area (Å²) in [6, 6.07) is -1.72. The molecule has 13 N–H and O–H groups in total. The van der Waals surface area contributed by atoms with Crippen molar-refractivity contribution >= 4 is 75.4 Å². The van der Waals surface area contributed by atoms with E-state index in [9.17, 15) is 39.3 Å². The molecule has 1 fully saturated rings. The molecule has 24 heteroatoms. The zero-order chi connectivity index (χ0) is 36.9. The molecule has 272 valence electrons. The fourth-order valence-corrected chi connectivity index (χ4v) is 6.65. The number of β-lactam (4-membered cyclic amide) rings is 1. The number of fused-ring (bicyclic) bond motifs is 1. The Hall–Kier alpha value is -5.04. The van der Waals surface area contributed by atoms with Crippen molar-refractivity contribution in [2.45, 2.75) is 44.0 Å². The third-order valence-corrected chi connectivity index (χ3v) is 9.30. The molecular weight excluding hydrogens is 703 g/mol. The van der Waals surface area contributed by atoms with E-state index in [1.165, 1.54) is 46.1 Å². The van der Waals surface area contributed by atoms with Crippen LogP contribution in [-0.2, 0) is 37.1 Å². The van der Waals surface area contributed by atoms with E-state index in [0.717, 1.165) is 16.4 Å². The molecule has 2 aromatic heterocycles. The summed E-state index contributed by atoms with van der Waals surface area (Å²) in [5.41, 5.74) is 21.0. The number of thioether (sulfide) groups is 1. The lowest BCUT2D eigenvalue weighted by Gasteiger charge is -2.49.